The quantitative estimate of drug-likeness (QED) is 0.801. The molecule has 0 aliphatic carbocycles. The Kier molecular flexibility index (Phi) is 6.39. The normalized spacial score (nSPS) is 17.8. The van der Waals surface area contributed by atoms with Crippen molar-refractivity contribution < 1.29 is 9.53 Å². The number of hydrogen-bond acceptors (Lipinski definition) is 5. The third-order valence-electron chi connectivity index (χ3n) is 5.38. The molecule has 31 heavy (non-hydrogen) atoms. The Labute approximate surface area is 184 Å². The number of nitrogens with one attached hydrogen (secondary N) is 1. The van der Waals surface area contributed by atoms with E-state index in [2.05, 4.69) is 31.0 Å². The molecule has 1 unspecified atom stereocenters. The topological polar surface area (TPSA) is 81.4 Å². The lowest BCUT2D eigenvalue weighted by Crippen LogP contribution is -2.42. The third-order valence-corrected chi connectivity index (χ3v) is 5.38. The van der Waals surface area contributed by atoms with Crippen molar-refractivity contribution in [2.45, 2.75) is 66.5 Å². The van der Waals surface area contributed by atoms with Crippen LogP contribution >= 0.6 is 0 Å². The van der Waals surface area contributed by atoms with Gasteiger partial charge in [-0.15, -0.1) is 0 Å². The number of amides is 1. The van der Waals surface area contributed by atoms with Crippen molar-refractivity contribution in [3.05, 3.63) is 22.6 Å². The van der Waals surface area contributed by atoms with Gasteiger partial charge in [0.2, 0.25) is 0 Å². The number of imidazole rings is 1. The van der Waals surface area contributed by atoms with Gasteiger partial charge in [-0.05, 0) is 57.1 Å². The summed E-state index contributed by atoms with van der Waals surface area (Å²) in [6, 6.07) is 4.01. The van der Waals surface area contributed by atoms with Crippen LogP contribution in [0.1, 0.15) is 54.4 Å². The van der Waals surface area contributed by atoms with E-state index in [4.69, 9.17) is 9.72 Å². The lowest BCUT2D eigenvalue weighted by atomic mass is 9.97. The molecular formula is C23H37N5O3. The fourth-order valence-electron chi connectivity index (χ4n) is 4.05. The molecule has 1 aliphatic rings. The molecule has 1 aliphatic heterocycles. The number of aryl methyl sites for hydroxylation is 1. The minimum absolute atomic E-state index is 0.00197. The summed E-state index contributed by atoms with van der Waals surface area (Å²) >= 11 is 0. The van der Waals surface area contributed by atoms with Crippen LogP contribution in [0.4, 0.5) is 10.6 Å². The van der Waals surface area contributed by atoms with E-state index < -0.39 is 5.60 Å². The smallest absolute Gasteiger partial charge is 0.407 e. The number of piperidine rings is 1. The number of anilines is 1. The van der Waals surface area contributed by atoms with Crippen LogP contribution < -0.4 is 15.9 Å². The summed E-state index contributed by atoms with van der Waals surface area (Å²) in [7, 11) is 1.78. The van der Waals surface area contributed by atoms with Gasteiger partial charge in [0.15, 0.2) is 5.65 Å². The van der Waals surface area contributed by atoms with Gasteiger partial charge in [0, 0.05) is 33.2 Å². The molecule has 2 aromatic rings. The maximum Gasteiger partial charge on any atom is 0.407 e. The number of aromatic nitrogens is 3. The molecular weight excluding hydrogens is 394 g/mol. The summed E-state index contributed by atoms with van der Waals surface area (Å²) in [5.41, 5.74) is 1.04. The Bertz CT molecular complexity index is 994. The molecule has 1 N–H and O–H groups in total. The van der Waals surface area contributed by atoms with Crippen LogP contribution in [-0.4, -0.2) is 45.4 Å². The lowest BCUT2D eigenvalue weighted by molar-refractivity contribution is 0.0517. The predicted octanol–water partition coefficient (Wildman–Crippen LogP) is 3.52. The number of pyridine rings is 1. The fraction of sp³-hybridized carbons (Fsp3) is 0.696. The SMILES string of the molecule is Cn1c(=O)n(CC(C)(C)C)c2ccc(N3CCCC(CNC(=O)OC(C)(C)C)C3)nc21. The zero-order valence-corrected chi connectivity index (χ0v) is 20.0. The van der Waals surface area contributed by atoms with Crippen LogP contribution in [0.3, 0.4) is 0 Å². The van der Waals surface area contributed by atoms with Crippen LogP contribution in [0.5, 0.6) is 0 Å². The average molecular weight is 432 g/mol. The molecule has 1 atom stereocenters. The predicted molar refractivity (Wildman–Crippen MR) is 124 cm³/mol. The molecule has 0 saturated carbocycles. The van der Waals surface area contributed by atoms with E-state index in [1.165, 1.54) is 0 Å². The van der Waals surface area contributed by atoms with Gasteiger partial charge in [0.1, 0.15) is 11.4 Å². The summed E-state index contributed by atoms with van der Waals surface area (Å²) in [5, 5.41) is 2.90. The number of fused-ring (bicyclic) bond motifs is 1. The highest BCUT2D eigenvalue weighted by molar-refractivity contribution is 5.74. The molecule has 0 radical (unpaired) electrons. The Hall–Kier alpha value is -2.51. The van der Waals surface area contributed by atoms with E-state index in [0.29, 0.717) is 24.7 Å². The van der Waals surface area contributed by atoms with Gasteiger partial charge in [0.05, 0.1) is 5.52 Å². The summed E-state index contributed by atoms with van der Waals surface area (Å²) < 4.78 is 8.79. The molecule has 3 rings (SSSR count). The molecule has 2 aromatic heterocycles. The number of alkyl carbamates (subject to hydrolysis) is 1. The van der Waals surface area contributed by atoms with Gasteiger partial charge in [0.25, 0.3) is 0 Å². The first kappa shape index (κ1) is 23.2. The lowest BCUT2D eigenvalue weighted by Gasteiger charge is -2.33. The first-order chi connectivity index (χ1) is 14.3. The second kappa shape index (κ2) is 8.55. The van der Waals surface area contributed by atoms with Crippen LogP contribution in [-0.2, 0) is 18.3 Å². The molecule has 1 fully saturated rings. The minimum Gasteiger partial charge on any atom is -0.444 e. The standard InChI is InChI=1S/C23H37N5O3/c1-22(2,3)15-28-17-10-11-18(25-19(17)26(7)21(28)30)27-12-8-9-16(14-27)13-24-20(29)31-23(4,5)6/h10-11,16H,8-9,12-15H2,1-7H3,(H,24,29). The number of ether oxygens (including phenoxy) is 1. The van der Waals surface area contributed by atoms with Crippen molar-refractivity contribution in [3.8, 4) is 0 Å². The largest absolute Gasteiger partial charge is 0.444 e. The first-order valence-electron chi connectivity index (χ1n) is 11.1. The minimum atomic E-state index is -0.499. The van der Waals surface area contributed by atoms with Crippen LogP contribution in [0.2, 0.25) is 0 Å². The van der Waals surface area contributed by atoms with Crippen LogP contribution in [0.25, 0.3) is 11.2 Å². The molecule has 0 spiro atoms. The van der Waals surface area contributed by atoms with E-state index in [0.717, 1.165) is 37.3 Å². The number of carbonyl (C=O) groups excluding carboxylic acids is 1. The Morgan fingerprint density at radius 2 is 1.94 bits per heavy atom. The molecule has 0 aromatic carbocycles. The van der Waals surface area contributed by atoms with Crippen molar-refractivity contribution >= 4 is 23.1 Å². The average Bonchev–Trinajstić information content (AvgIpc) is 2.88. The highest BCUT2D eigenvalue weighted by Crippen LogP contribution is 2.25. The van der Waals surface area contributed by atoms with Crippen molar-refractivity contribution in [3.63, 3.8) is 0 Å². The Balaban J connectivity index is 1.73. The Morgan fingerprint density at radius 1 is 1.23 bits per heavy atom. The second-order valence-electron chi connectivity index (χ2n) is 10.8. The van der Waals surface area contributed by atoms with E-state index in [1.54, 1.807) is 11.6 Å². The molecule has 1 amide bonds. The molecule has 3 heterocycles. The zero-order valence-electron chi connectivity index (χ0n) is 20.0. The second-order valence-corrected chi connectivity index (χ2v) is 10.8. The van der Waals surface area contributed by atoms with Gasteiger partial charge in [-0.3, -0.25) is 9.13 Å². The highest BCUT2D eigenvalue weighted by atomic mass is 16.6. The number of nitrogens with zero attached hydrogens (tertiary/aromatic N) is 4. The molecule has 0 bridgehead atoms. The van der Waals surface area contributed by atoms with E-state index in [-0.39, 0.29) is 17.2 Å². The molecule has 1 saturated heterocycles. The van der Waals surface area contributed by atoms with Crippen molar-refractivity contribution in [2.75, 3.05) is 24.5 Å². The third kappa shape index (κ3) is 5.80. The Morgan fingerprint density at radius 3 is 2.58 bits per heavy atom. The molecule has 8 nitrogen and oxygen atoms in total. The molecule has 8 heteroatoms. The summed E-state index contributed by atoms with van der Waals surface area (Å²) in [6.45, 7) is 14.9. The summed E-state index contributed by atoms with van der Waals surface area (Å²) in [6.07, 6.45) is 1.71. The fourth-order valence-corrected chi connectivity index (χ4v) is 4.05. The summed E-state index contributed by atoms with van der Waals surface area (Å²) in [4.78, 5) is 31.8. The number of carbonyl (C=O) groups is 1. The maximum absolute atomic E-state index is 12.8. The van der Waals surface area contributed by atoms with Crippen LogP contribution in [0, 0.1) is 11.3 Å². The maximum atomic E-state index is 12.8. The number of hydrogen-bond donors (Lipinski definition) is 1. The monoisotopic (exact) mass is 431 g/mol. The van der Waals surface area contributed by atoms with Crippen molar-refractivity contribution in [2.24, 2.45) is 18.4 Å². The van der Waals surface area contributed by atoms with Gasteiger partial charge in [-0.25, -0.2) is 14.6 Å². The van der Waals surface area contributed by atoms with Crippen molar-refractivity contribution in [1.29, 1.82) is 0 Å². The van der Waals surface area contributed by atoms with Gasteiger partial charge in [-0.2, -0.15) is 0 Å². The first-order valence-corrected chi connectivity index (χ1v) is 11.1. The van der Waals surface area contributed by atoms with Crippen molar-refractivity contribution in [1.82, 2.24) is 19.4 Å². The zero-order chi connectivity index (χ0) is 23.0. The van der Waals surface area contributed by atoms with Gasteiger partial charge >= 0.3 is 11.8 Å². The van der Waals surface area contributed by atoms with E-state index in [9.17, 15) is 9.59 Å². The van der Waals surface area contributed by atoms with E-state index >= 15 is 0 Å². The van der Waals surface area contributed by atoms with Crippen LogP contribution in [0.15, 0.2) is 16.9 Å². The number of rotatable bonds is 4. The highest BCUT2D eigenvalue weighted by Gasteiger charge is 2.24. The molecule has 172 valence electrons. The van der Waals surface area contributed by atoms with Gasteiger partial charge < -0.3 is 15.0 Å². The van der Waals surface area contributed by atoms with E-state index in [1.807, 2.05) is 37.5 Å². The van der Waals surface area contributed by atoms with Gasteiger partial charge in [-0.1, -0.05) is 20.8 Å². The summed E-state index contributed by atoms with van der Waals surface area (Å²) in [5.74, 6) is 1.20.